The molecule has 1 atom stereocenters. The Morgan fingerprint density at radius 3 is 2.68 bits per heavy atom. The predicted molar refractivity (Wildman–Crippen MR) is 113 cm³/mol. The van der Waals surface area contributed by atoms with Crippen LogP contribution in [0.4, 0.5) is 5.69 Å². The van der Waals surface area contributed by atoms with Gasteiger partial charge in [-0.05, 0) is 17.7 Å². The molecule has 1 unspecified atom stereocenters. The Morgan fingerprint density at radius 2 is 2.00 bits per heavy atom. The van der Waals surface area contributed by atoms with Gasteiger partial charge in [-0.2, -0.15) is 0 Å². The summed E-state index contributed by atoms with van der Waals surface area (Å²) >= 11 is 0. The molecule has 31 heavy (non-hydrogen) atoms. The van der Waals surface area contributed by atoms with Crippen LogP contribution in [-0.2, 0) is 20.9 Å². The third-order valence-electron chi connectivity index (χ3n) is 4.98. The summed E-state index contributed by atoms with van der Waals surface area (Å²) in [5.74, 6) is 0.908. The number of carbonyl (C=O) groups excluding carboxylic acids is 2. The average Bonchev–Trinajstić information content (AvgIpc) is 3.19. The van der Waals surface area contributed by atoms with Gasteiger partial charge in [-0.25, -0.2) is 4.98 Å². The zero-order chi connectivity index (χ0) is 22.2. The first-order chi connectivity index (χ1) is 15.0. The highest BCUT2D eigenvalue weighted by atomic mass is 16.5. The maximum absolute atomic E-state index is 12.6. The van der Waals surface area contributed by atoms with Gasteiger partial charge in [-0.1, -0.05) is 6.07 Å². The summed E-state index contributed by atoms with van der Waals surface area (Å²) in [6.07, 6.45) is 1.79. The van der Waals surface area contributed by atoms with E-state index in [1.165, 1.54) is 7.11 Å². The van der Waals surface area contributed by atoms with E-state index in [1.807, 2.05) is 6.07 Å². The summed E-state index contributed by atoms with van der Waals surface area (Å²) in [5.41, 5.74) is 1.46. The number of aromatic nitrogens is 1. The van der Waals surface area contributed by atoms with Crippen molar-refractivity contribution in [3.8, 4) is 17.4 Å². The number of anilines is 1. The molecule has 2 heterocycles. The van der Waals surface area contributed by atoms with Crippen LogP contribution in [0.5, 0.6) is 17.4 Å². The molecule has 0 saturated carbocycles. The maximum Gasteiger partial charge on any atom is 0.227 e. The zero-order valence-electron chi connectivity index (χ0n) is 17.9. The first-order valence-electron chi connectivity index (χ1n) is 9.92. The monoisotopic (exact) mass is 429 g/mol. The van der Waals surface area contributed by atoms with E-state index in [0.717, 1.165) is 5.56 Å². The van der Waals surface area contributed by atoms with Crippen LogP contribution < -0.4 is 24.4 Å². The number of nitrogens with zero attached hydrogens (tertiary/aromatic N) is 2. The van der Waals surface area contributed by atoms with Gasteiger partial charge in [0.25, 0.3) is 0 Å². The van der Waals surface area contributed by atoms with Gasteiger partial charge in [0, 0.05) is 44.9 Å². The van der Waals surface area contributed by atoms with E-state index >= 15 is 0 Å². The number of amides is 2. The van der Waals surface area contributed by atoms with Crippen molar-refractivity contribution in [3.63, 3.8) is 0 Å². The summed E-state index contributed by atoms with van der Waals surface area (Å²) in [7, 11) is 4.70. The lowest BCUT2D eigenvalue weighted by atomic mass is 10.1. The normalized spacial score (nSPS) is 15.6. The van der Waals surface area contributed by atoms with Gasteiger partial charge in [0.1, 0.15) is 18.1 Å². The highest BCUT2D eigenvalue weighted by molar-refractivity contribution is 6.01. The van der Waals surface area contributed by atoms with Crippen LogP contribution in [0.25, 0.3) is 0 Å². The number of ether oxygens (including phenoxy) is 4. The molecule has 2 amide bonds. The van der Waals surface area contributed by atoms with E-state index in [4.69, 9.17) is 18.9 Å². The summed E-state index contributed by atoms with van der Waals surface area (Å²) in [5, 5.41) is 2.88. The first kappa shape index (κ1) is 22.4. The Kier molecular flexibility index (Phi) is 7.66. The molecule has 1 aromatic heterocycles. The minimum absolute atomic E-state index is 0.122. The lowest BCUT2D eigenvalue weighted by Gasteiger charge is -2.20. The molecule has 0 aliphatic carbocycles. The summed E-state index contributed by atoms with van der Waals surface area (Å²) in [4.78, 5) is 31.0. The van der Waals surface area contributed by atoms with Crippen LogP contribution in [0.2, 0.25) is 0 Å². The second kappa shape index (κ2) is 10.6. The van der Waals surface area contributed by atoms with Crippen LogP contribution in [0.1, 0.15) is 12.0 Å². The molecule has 9 heteroatoms. The van der Waals surface area contributed by atoms with E-state index in [-0.39, 0.29) is 24.8 Å². The molecule has 1 aliphatic heterocycles. The number of hydrogen-bond donors (Lipinski definition) is 1. The third-order valence-corrected chi connectivity index (χ3v) is 4.98. The molecule has 3 rings (SSSR count). The fourth-order valence-electron chi connectivity index (χ4n) is 3.29. The number of carbonyl (C=O) groups is 2. The molecular weight excluding hydrogens is 402 g/mol. The van der Waals surface area contributed by atoms with Crippen molar-refractivity contribution in [2.75, 3.05) is 46.0 Å². The predicted octanol–water partition coefficient (Wildman–Crippen LogP) is 1.79. The molecule has 1 saturated heterocycles. The van der Waals surface area contributed by atoms with Crippen molar-refractivity contribution in [1.29, 1.82) is 0 Å². The lowest BCUT2D eigenvalue weighted by Crippen LogP contribution is -2.32. The van der Waals surface area contributed by atoms with Gasteiger partial charge in [-0.3, -0.25) is 9.59 Å². The van der Waals surface area contributed by atoms with Gasteiger partial charge in [0.05, 0.1) is 32.4 Å². The molecule has 0 spiro atoms. The Bertz CT molecular complexity index is 903. The number of hydrogen-bond acceptors (Lipinski definition) is 7. The molecular formula is C22H27N3O6. The van der Waals surface area contributed by atoms with Crippen LogP contribution in [0.15, 0.2) is 36.5 Å². The van der Waals surface area contributed by atoms with Crippen molar-refractivity contribution in [2.24, 2.45) is 5.92 Å². The standard InChI is InChI=1S/C22H27N3O6/c1-28-8-9-31-20-7-4-15(12-23-20)13-24-22(27)16-10-21(26)25(14-16)18-6-5-17(29-2)11-19(18)30-3/h4-7,11-12,16H,8-10,13-14H2,1-3H3,(H,24,27). The van der Waals surface area contributed by atoms with Crippen molar-refractivity contribution in [3.05, 3.63) is 42.1 Å². The molecule has 0 bridgehead atoms. The fraction of sp³-hybridized carbons (Fsp3) is 0.409. The van der Waals surface area contributed by atoms with E-state index in [1.54, 1.807) is 49.6 Å². The Balaban J connectivity index is 1.56. The third kappa shape index (κ3) is 5.64. The molecule has 2 aromatic rings. The van der Waals surface area contributed by atoms with Gasteiger partial charge in [-0.15, -0.1) is 0 Å². The summed E-state index contributed by atoms with van der Waals surface area (Å²) in [6, 6.07) is 8.81. The minimum atomic E-state index is -0.441. The van der Waals surface area contributed by atoms with Crippen LogP contribution in [-0.4, -0.2) is 57.9 Å². The first-order valence-corrected chi connectivity index (χ1v) is 9.92. The van der Waals surface area contributed by atoms with Crippen molar-refractivity contribution in [1.82, 2.24) is 10.3 Å². The second-order valence-corrected chi connectivity index (χ2v) is 7.01. The van der Waals surface area contributed by atoms with Gasteiger partial charge < -0.3 is 29.2 Å². The average molecular weight is 429 g/mol. The lowest BCUT2D eigenvalue weighted by molar-refractivity contribution is -0.126. The van der Waals surface area contributed by atoms with Crippen molar-refractivity contribution < 1.29 is 28.5 Å². The number of rotatable bonds is 10. The van der Waals surface area contributed by atoms with Gasteiger partial charge >= 0.3 is 0 Å². The zero-order valence-corrected chi connectivity index (χ0v) is 17.9. The van der Waals surface area contributed by atoms with E-state index < -0.39 is 5.92 Å². The fourth-order valence-corrected chi connectivity index (χ4v) is 3.29. The molecule has 1 aliphatic rings. The van der Waals surface area contributed by atoms with Crippen LogP contribution in [0, 0.1) is 5.92 Å². The van der Waals surface area contributed by atoms with E-state index in [2.05, 4.69) is 10.3 Å². The minimum Gasteiger partial charge on any atom is -0.497 e. The Morgan fingerprint density at radius 1 is 1.16 bits per heavy atom. The summed E-state index contributed by atoms with van der Waals surface area (Å²) in [6.45, 7) is 1.52. The molecule has 0 radical (unpaired) electrons. The number of nitrogens with one attached hydrogen (secondary N) is 1. The highest BCUT2D eigenvalue weighted by Gasteiger charge is 2.36. The van der Waals surface area contributed by atoms with Crippen LogP contribution >= 0.6 is 0 Å². The molecule has 9 nitrogen and oxygen atoms in total. The molecule has 1 aromatic carbocycles. The maximum atomic E-state index is 12.6. The highest BCUT2D eigenvalue weighted by Crippen LogP contribution is 2.35. The Hall–Kier alpha value is -3.33. The SMILES string of the molecule is COCCOc1ccc(CNC(=O)C2CC(=O)N(c3ccc(OC)cc3OC)C2)cn1. The summed E-state index contributed by atoms with van der Waals surface area (Å²) < 4.78 is 20.9. The van der Waals surface area contributed by atoms with Crippen molar-refractivity contribution >= 4 is 17.5 Å². The Labute approximate surface area is 181 Å². The van der Waals surface area contributed by atoms with Gasteiger partial charge in [0.15, 0.2) is 0 Å². The number of benzene rings is 1. The van der Waals surface area contributed by atoms with Gasteiger partial charge in [0.2, 0.25) is 17.7 Å². The second-order valence-electron chi connectivity index (χ2n) is 7.01. The smallest absolute Gasteiger partial charge is 0.227 e. The van der Waals surface area contributed by atoms with E-state index in [0.29, 0.717) is 42.8 Å². The number of pyridine rings is 1. The van der Waals surface area contributed by atoms with Crippen LogP contribution in [0.3, 0.4) is 0 Å². The molecule has 1 N–H and O–H groups in total. The topological polar surface area (TPSA) is 99.2 Å². The van der Waals surface area contributed by atoms with E-state index in [9.17, 15) is 9.59 Å². The van der Waals surface area contributed by atoms with Crippen molar-refractivity contribution in [2.45, 2.75) is 13.0 Å². The quantitative estimate of drug-likeness (QED) is 0.575. The number of methoxy groups -OCH3 is 3. The molecule has 166 valence electrons. The molecule has 1 fully saturated rings. The largest absolute Gasteiger partial charge is 0.497 e.